The van der Waals surface area contributed by atoms with Gasteiger partial charge in [-0.1, -0.05) is 0 Å². The maximum Gasteiger partial charge on any atom is 0.328 e. The van der Waals surface area contributed by atoms with E-state index in [0.29, 0.717) is 25.9 Å². The third-order valence-electron chi connectivity index (χ3n) is 2.85. The van der Waals surface area contributed by atoms with E-state index in [0.717, 1.165) is 0 Å². The fourth-order valence-electron chi connectivity index (χ4n) is 1.72. The molecule has 1 heterocycles. The van der Waals surface area contributed by atoms with Crippen LogP contribution in [0, 0.1) is 0 Å². The summed E-state index contributed by atoms with van der Waals surface area (Å²) in [6, 6.07) is -1.64. The number of nitrogens with one attached hydrogen (secondary N) is 1. The van der Waals surface area contributed by atoms with E-state index in [9.17, 15) is 14.7 Å². The van der Waals surface area contributed by atoms with Crippen molar-refractivity contribution in [2.75, 3.05) is 13.1 Å². The molecular weight excluding hydrogens is 226 g/mol. The van der Waals surface area contributed by atoms with Gasteiger partial charge in [-0.2, -0.15) is 0 Å². The van der Waals surface area contributed by atoms with Crippen LogP contribution in [0.25, 0.3) is 0 Å². The maximum absolute atomic E-state index is 11.7. The van der Waals surface area contributed by atoms with Crippen LogP contribution in [-0.4, -0.2) is 58.4 Å². The topological polar surface area (TPSA) is 116 Å². The zero-order chi connectivity index (χ0) is 13.0. The van der Waals surface area contributed by atoms with Crippen LogP contribution in [-0.2, 0) is 4.79 Å². The number of aliphatic hydroxyl groups excluding tert-OH is 1. The fourth-order valence-corrected chi connectivity index (χ4v) is 1.72. The summed E-state index contributed by atoms with van der Waals surface area (Å²) in [4.78, 5) is 24.0. The molecule has 2 unspecified atom stereocenters. The summed E-state index contributed by atoms with van der Waals surface area (Å²) in [5, 5.41) is 20.4. The highest BCUT2D eigenvalue weighted by atomic mass is 16.4. The first-order chi connectivity index (χ1) is 7.91. The maximum atomic E-state index is 11.7. The monoisotopic (exact) mass is 245 g/mol. The van der Waals surface area contributed by atoms with E-state index in [1.54, 1.807) is 0 Å². The number of nitrogens with two attached hydrogens (primary N) is 1. The number of hydrogen-bond acceptors (Lipinski definition) is 4. The van der Waals surface area contributed by atoms with Crippen molar-refractivity contribution in [2.45, 2.75) is 38.0 Å². The summed E-state index contributed by atoms with van der Waals surface area (Å²) >= 11 is 0. The zero-order valence-corrected chi connectivity index (χ0v) is 9.80. The van der Waals surface area contributed by atoms with Crippen LogP contribution in [0.2, 0.25) is 0 Å². The quantitative estimate of drug-likeness (QED) is 0.506. The lowest BCUT2D eigenvalue weighted by molar-refractivity contribution is -0.141. The molecule has 0 aliphatic carbocycles. The Kier molecular flexibility index (Phi) is 4.71. The van der Waals surface area contributed by atoms with Gasteiger partial charge >= 0.3 is 12.0 Å². The molecule has 0 aromatic heterocycles. The molecule has 7 nitrogen and oxygen atoms in total. The van der Waals surface area contributed by atoms with Gasteiger partial charge in [0.25, 0.3) is 0 Å². The van der Waals surface area contributed by atoms with Gasteiger partial charge in [0.05, 0.1) is 6.10 Å². The van der Waals surface area contributed by atoms with Gasteiger partial charge in [0, 0.05) is 19.1 Å². The number of carboxylic acids is 1. The summed E-state index contributed by atoms with van der Waals surface area (Å²) in [6.07, 6.45) is 0.281. The van der Waals surface area contributed by atoms with Crippen molar-refractivity contribution in [3.8, 4) is 0 Å². The highest BCUT2D eigenvalue weighted by Gasteiger charge is 2.28. The minimum atomic E-state index is -1.28. The van der Waals surface area contributed by atoms with Gasteiger partial charge in [-0.05, 0) is 19.8 Å². The molecule has 1 saturated heterocycles. The molecule has 0 aromatic carbocycles. The number of carbonyl (C=O) groups is 2. The Morgan fingerprint density at radius 2 is 1.94 bits per heavy atom. The number of urea groups is 1. The van der Waals surface area contributed by atoms with Gasteiger partial charge in [-0.25, -0.2) is 9.59 Å². The average Bonchev–Trinajstić information content (AvgIpc) is 2.25. The van der Waals surface area contributed by atoms with E-state index in [1.165, 1.54) is 11.8 Å². The number of hydrogen-bond donors (Lipinski definition) is 4. The zero-order valence-electron chi connectivity index (χ0n) is 9.80. The van der Waals surface area contributed by atoms with Gasteiger partial charge in [0.1, 0.15) is 0 Å². The van der Waals surface area contributed by atoms with Crippen LogP contribution < -0.4 is 11.1 Å². The molecule has 5 N–H and O–H groups in total. The minimum Gasteiger partial charge on any atom is -0.480 e. The van der Waals surface area contributed by atoms with Crippen LogP contribution in [0.5, 0.6) is 0 Å². The lowest BCUT2D eigenvalue weighted by Crippen LogP contribution is -2.54. The molecule has 17 heavy (non-hydrogen) atoms. The first kappa shape index (κ1) is 13.7. The molecule has 0 spiro atoms. The van der Waals surface area contributed by atoms with Crippen molar-refractivity contribution in [2.24, 2.45) is 5.73 Å². The van der Waals surface area contributed by atoms with Crippen molar-refractivity contribution >= 4 is 12.0 Å². The highest BCUT2D eigenvalue weighted by Crippen LogP contribution is 2.08. The number of piperidine rings is 1. The molecule has 1 rings (SSSR count). The van der Waals surface area contributed by atoms with Gasteiger partial charge in [-0.15, -0.1) is 0 Å². The minimum absolute atomic E-state index is 0.103. The number of rotatable bonds is 3. The van der Waals surface area contributed by atoms with Crippen molar-refractivity contribution < 1.29 is 19.8 Å². The first-order valence-corrected chi connectivity index (χ1v) is 5.63. The van der Waals surface area contributed by atoms with Crippen LogP contribution in [0.1, 0.15) is 19.8 Å². The first-order valence-electron chi connectivity index (χ1n) is 5.63. The number of nitrogens with zero attached hydrogens (tertiary/aromatic N) is 1. The van der Waals surface area contributed by atoms with E-state index in [1.807, 2.05) is 0 Å². The largest absolute Gasteiger partial charge is 0.480 e. The second kappa shape index (κ2) is 5.83. The van der Waals surface area contributed by atoms with Gasteiger partial charge in [-0.3, -0.25) is 0 Å². The van der Waals surface area contributed by atoms with Crippen LogP contribution in [0.3, 0.4) is 0 Å². The standard InChI is InChI=1S/C10H19N3O4/c1-6(14)8(9(15)16)12-10(17)13-4-2-7(11)3-5-13/h6-8,14H,2-5,11H2,1H3,(H,12,17)(H,15,16). The van der Waals surface area contributed by atoms with Crippen LogP contribution in [0.15, 0.2) is 0 Å². The Morgan fingerprint density at radius 3 is 2.35 bits per heavy atom. The summed E-state index contributed by atoms with van der Waals surface area (Å²) < 4.78 is 0. The predicted octanol–water partition coefficient (Wildman–Crippen LogP) is -1.05. The summed E-state index contributed by atoms with van der Waals surface area (Å²) in [7, 11) is 0. The number of likely N-dealkylation sites (tertiary alicyclic amines) is 1. The Morgan fingerprint density at radius 1 is 1.41 bits per heavy atom. The summed E-state index contributed by atoms with van der Waals surface area (Å²) in [5.74, 6) is -1.25. The average molecular weight is 245 g/mol. The highest BCUT2D eigenvalue weighted by molar-refractivity contribution is 5.83. The van der Waals surface area contributed by atoms with Gasteiger partial charge in [0.15, 0.2) is 6.04 Å². The molecule has 1 aliphatic rings. The number of aliphatic carboxylic acids is 1. The molecule has 1 aliphatic heterocycles. The number of carbonyl (C=O) groups excluding carboxylic acids is 1. The predicted molar refractivity (Wildman–Crippen MR) is 60.4 cm³/mol. The molecule has 0 saturated carbocycles. The third kappa shape index (κ3) is 3.86. The van der Waals surface area contributed by atoms with Crippen molar-refractivity contribution in [1.29, 1.82) is 0 Å². The summed E-state index contributed by atoms with van der Waals surface area (Å²) in [5.41, 5.74) is 5.70. The van der Waals surface area contributed by atoms with Crippen molar-refractivity contribution in [1.82, 2.24) is 10.2 Å². The third-order valence-corrected chi connectivity index (χ3v) is 2.85. The molecule has 7 heteroatoms. The lowest BCUT2D eigenvalue weighted by Gasteiger charge is -2.31. The van der Waals surface area contributed by atoms with E-state index in [4.69, 9.17) is 10.8 Å². The Balaban J connectivity index is 2.50. The molecule has 0 aromatic rings. The SMILES string of the molecule is CC(O)C(NC(=O)N1CCC(N)CC1)C(=O)O. The molecular formula is C10H19N3O4. The normalized spacial score (nSPS) is 20.8. The number of aliphatic hydroxyl groups is 1. The van der Waals surface area contributed by atoms with Gasteiger partial charge in [0.2, 0.25) is 0 Å². The van der Waals surface area contributed by atoms with Gasteiger partial charge < -0.3 is 26.2 Å². The second-order valence-corrected chi connectivity index (χ2v) is 4.33. The second-order valence-electron chi connectivity index (χ2n) is 4.33. The summed E-state index contributed by atoms with van der Waals surface area (Å²) in [6.45, 7) is 2.35. The van der Waals surface area contributed by atoms with Crippen LogP contribution in [0.4, 0.5) is 4.79 Å². The molecule has 2 amide bonds. The number of amides is 2. The molecule has 1 fully saturated rings. The van der Waals surface area contributed by atoms with E-state index in [-0.39, 0.29) is 6.04 Å². The Bertz CT molecular complexity index is 287. The van der Waals surface area contributed by atoms with E-state index < -0.39 is 24.1 Å². The van der Waals surface area contributed by atoms with Crippen molar-refractivity contribution in [3.63, 3.8) is 0 Å². The van der Waals surface area contributed by atoms with E-state index in [2.05, 4.69) is 5.32 Å². The molecule has 2 atom stereocenters. The lowest BCUT2D eigenvalue weighted by atomic mass is 10.1. The van der Waals surface area contributed by atoms with E-state index >= 15 is 0 Å². The van der Waals surface area contributed by atoms with Crippen LogP contribution >= 0.6 is 0 Å². The molecule has 98 valence electrons. The Labute approximate surface area is 99.6 Å². The fraction of sp³-hybridized carbons (Fsp3) is 0.800. The molecule has 0 radical (unpaired) electrons. The van der Waals surface area contributed by atoms with Crippen molar-refractivity contribution in [3.05, 3.63) is 0 Å². The number of carboxylic acid groups (broad SMARTS) is 1. The molecule has 0 bridgehead atoms. The smallest absolute Gasteiger partial charge is 0.328 e. The Hall–Kier alpha value is -1.34.